The monoisotopic (exact) mass is 555 g/mol. The number of fused-ring (bicyclic) bond motifs is 1. The zero-order chi connectivity index (χ0) is 27.3. The van der Waals surface area contributed by atoms with E-state index in [-0.39, 0.29) is 41.8 Å². The Hall–Kier alpha value is -4.01. The van der Waals surface area contributed by atoms with Crippen LogP contribution in [0.25, 0.3) is 5.65 Å². The predicted octanol–water partition coefficient (Wildman–Crippen LogP) is 0.142. The SMILES string of the molecule is CN1CCN(c2cc(N3CCOCC3)cn3c(=O)c(O)c(C4=[N+]C=C(Cc5ccc(F)cc5)N4)nc23)S1(=O)=O. The van der Waals surface area contributed by atoms with Crippen molar-refractivity contribution < 1.29 is 22.7 Å². The average Bonchev–Trinajstić information content (AvgIpc) is 3.50. The largest absolute Gasteiger partial charge is 0.501 e. The lowest BCUT2D eigenvalue weighted by Gasteiger charge is -2.30. The highest BCUT2D eigenvalue weighted by Crippen LogP contribution is 2.32. The molecule has 2 saturated heterocycles. The summed E-state index contributed by atoms with van der Waals surface area (Å²) in [6, 6.07) is 7.73. The molecule has 6 rings (SSSR count). The highest BCUT2D eigenvalue weighted by atomic mass is 32.2. The number of aromatic nitrogens is 2. The summed E-state index contributed by atoms with van der Waals surface area (Å²) in [4.78, 5) is 24.3. The molecular formula is C25H26FN7O5S+. The van der Waals surface area contributed by atoms with Gasteiger partial charge in [-0.15, -0.1) is 0 Å². The number of aromatic hydroxyl groups is 1. The number of ether oxygens (including phenoxy) is 1. The highest BCUT2D eigenvalue weighted by molar-refractivity contribution is 7.90. The molecule has 2 N–H and O–H groups in total. The number of nitrogens with one attached hydrogen (secondary N) is 1. The summed E-state index contributed by atoms with van der Waals surface area (Å²) < 4.78 is 48.6. The second-order valence-corrected chi connectivity index (χ2v) is 11.4. The molecule has 5 heterocycles. The van der Waals surface area contributed by atoms with E-state index < -0.39 is 21.5 Å². The van der Waals surface area contributed by atoms with Crippen molar-refractivity contribution in [1.29, 1.82) is 0 Å². The Morgan fingerprint density at radius 2 is 1.90 bits per heavy atom. The lowest BCUT2D eigenvalue weighted by Crippen LogP contribution is -2.37. The van der Waals surface area contributed by atoms with Crippen LogP contribution in [0.2, 0.25) is 0 Å². The number of hydrogen-bond donors (Lipinski definition) is 2. The molecule has 39 heavy (non-hydrogen) atoms. The number of rotatable bonds is 5. The van der Waals surface area contributed by atoms with E-state index in [0.29, 0.717) is 44.1 Å². The summed E-state index contributed by atoms with van der Waals surface area (Å²) in [6.07, 6.45) is 3.51. The normalized spacial score (nSPS) is 19.3. The predicted molar refractivity (Wildman–Crippen MR) is 143 cm³/mol. The summed E-state index contributed by atoms with van der Waals surface area (Å²) >= 11 is 0. The Kier molecular flexibility index (Phi) is 6.24. The molecule has 3 aliphatic heterocycles. The van der Waals surface area contributed by atoms with Crippen LogP contribution in [0.5, 0.6) is 5.75 Å². The molecule has 2 fully saturated rings. The molecule has 1 radical (unpaired) electrons. The summed E-state index contributed by atoms with van der Waals surface area (Å²) in [5, 5.41) is 14.0. The maximum atomic E-state index is 13.5. The summed E-state index contributed by atoms with van der Waals surface area (Å²) in [7, 11) is -2.34. The lowest BCUT2D eigenvalue weighted by atomic mass is 10.1. The van der Waals surface area contributed by atoms with Crippen molar-refractivity contribution >= 4 is 33.1 Å². The number of pyridine rings is 1. The minimum Gasteiger partial charge on any atom is -0.501 e. The first-order valence-electron chi connectivity index (χ1n) is 12.4. The molecule has 14 heteroatoms. The van der Waals surface area contributed by atoms with Crippen LogP contribution < -0.4 is 25.1 Å². The molecule has 0 bridgehead atoms. The molecule has 12 nitrogen and oxygen atoms in total. The van der Waals surface area contributed by atoms with Gasteiger partial charge in [0.25, 0.3) is 0 Å². The fourth-order valence-electron chi connectivity index (χ4n) is 4.81. The first kappa shape index (κ1) is 25.3. The molecule has 0 amide bonds. The maximum absolute atomic E-state index is 13.5. The number of halogens is 1. The van der Waals surface area contributed by atoms with Gasteiger partial charge < -0.3 is 14.7 Å². The zero-order valence-electron chi connectivity index (χ0n) is 21.0. The van der Waals surface area contributed by atoms with Crippen molar-refractivity contribution in [3.63, 3.8) is 0 Å². The Balaban J connectivity index is 1.42. The topological polar surface area (TPSA) is 134 Å². The van der Waals surface area contributed by atoms with E-state index in [1.165, 1.54) is 32.2 Å². The Morgan fingerprint density at radius 1 is 1.15 bits per heavy atom. The van der Waals surface area contributed by atoms with Gasteiger partial charge in [-0.25, -0.2) is 14.7 Å². The molecule has 0 atom stereocenters. The minimum absolute atomic E-state index is 0.0696. The van der Waals surface area contributed by atoms with Crippen molar-refractivity contribution in [3.8, 4) is 5.75 Å². The highest BCUT2D eigenvalue weighted by Gasteiger charge is 2.37. The lowest BCUT2D eigenvalue weighted by molar-refractivity contribution is 0.122. The van der Waals surface area contributed by atoms with E-state index >= 15 is 0 Å². The minimum atomic E-state index is -3.84. The summed E-state index contributed by atoms with van der Waals surface area (Å²) in [6.45, 7) is 2.56. The van der Waals surface area contributed by atoms with Gasteiger partial charge in [0.1, 0.15) is 11.5 Å². The van der Waals surface area contributed by atoms with Gasteiger partial charge in [0.15, 0.2) is 11.8 Å². The van der Waals surface area contributed by atoms with Gasteiger partial charge in [-0.2, -0.15) is 12.7 Å². The molecule has 2 aromatic heterocycles. The van der Waals surface area contributed by atoms with E-state index in [0.717, 1.165) is 5.56 Å². The van der Waals surface area contributed by atoms with E-state index in [4.69, 9.17) is 4.74 Å². The third-order valence-electron chi connectivity index (χ3n) is 6.96. The van der Waals surface area contributed by atoms with Crippen molar-refractivity contribution in [1.82, 2.24) is 24.0 Å². The maximum Gasteiger partial charge on any atom is 0.351 e. The second kappa shape index (κ2) is 9.63. The zero-order valence-corrected chi connectivity index (χ0v) is 21.9. The van der Waals surface area contributed by atoms with Crippen LogP contribution in [0.3, 0.4) is 0 Å². The van der Waals surface area contributed by atoms with Gasteiger partial charge >= 0.3 is 21.6 Å². The number of allylic oxidation sites excluding steroid dienone is 1. The van der Waals surface area contributed by atoms with Crippen LogP contribution in [0.1, 0.15) is 11.3 Å². The second-order valence-electron chi connectivity index (χ2n) is 9.45. The van der Waals surface area contributed by atoms with Crippen molar-refractivity contribution in [2.24, 2.45) is 0 Å². The fourth-order valence-corrected chi connectivity index (χ4v) is 6.15. The van der Waals surface area contributed by atoms with Crippen molar-refractivity contribution in [2.45, 2.75) is 6.42 Å². The van der Waals surface area contributed by atoms with Crippen LogP contribution in [0.4, 0.5) is 15.8 Å². The third-order valence-corrected chi connectivity index (χ3v) is 8.87. The van der Waals surface area contributed by atoms with Crippen LogP contribution >= 0.6 is 0 Å². The molecule has 203 valence electrons. The quantitative estimate of drug-likeness (QED) is 0.454. The third kappa shape index (κ3) is 4.49. The number of aliphatic imine (C=N–C) groups is 1. The molecule has 3 aliphatic rings. The number of amidine groups is 1. The van der Waals surface area contributed by atoms with Gasteiger partial charge in [-0.05, 0) is 28.8 Å². The molecule has 3 aromatic rings. The Bertz CT molecular complexity index is 1680. The number of morpholine rings is 1. The number of anilines is 2. The van der Waals surface area contributed by atoms with Crippen LogP contribution in [0.15, 0.2) is 53.2 Å². The molecule has 0 aliphatic carbocycles. The van der Waals surface area contributed by atoms with E-state index in [9.17, 15) is 22.7 Å². The number of likely N-dealkylation sites (N-methyl/N-ethyl adjacent to an activating group) is 1. The first-order chi connectivity index (χ1) is 18.7. The molecular weight excluding hydrogens is 529 g/mol. The fraction of sp³-hybridized carbons (Fsp3) is 0.320. The Morgan fingerprint density at radius 3 is 2.59 bits per heavy atom. The van der Waals surface area contributed by atoms with Gasteiger partial charge in [-0.3, -0.25) is 13.5 Å². The van der Waals surface area contributed by atoms with Gasteiger partial charge in [-0.1, -0.05) is 12.1 Å². The standard InChI is InChI=1S/C25H26FN7O5S/c1-30-6-7-33(39(30,36)37)20-13-19(31-8-10-38-11-9-31)15-32-24(20)29-21(22(34)25(32)35)23-27-14-18(28-23)12-16-2-4-17(26)5-3-16/h2-5,13-15,28,34H,6-12H2,1H3/q+1. The number of hydrogen-bond acceptors (Lipinski definition) is 9. The summed E-state index contributed by atoms with van der Waals surface area (Å²) in [5.41, 5.74) is 1.54. The molecule has 1 aromatic carbocycles. The average molecular weight is 556 g/mol. The Labute approximate surface area is 223 Å². The number of benzene rings is 1. The molecule has 0 unspecified atom stereocenters. The van der Waals surface area contributed by atoms with Crippen LogP contribution in [0, 0.1) is 5.82 Å². The van der Waals surface area contributed by atoms with E-state index in [2.05, 4.69) is 15.3 Å². The van der Waals surface area contributed by atoms with Crippen LogP contribution in [-0.4, -0.2) is 79.5 Å². The smallest absolute Gasteiger partial charge is 0.351 e. The van der Waals surface area contributed by atoms with Gasteiger partial charge in [0, 0.05) is 45.8 Å². The summed E-state index contributed by atoms with van der Waals surface area (Å²) in [5.74, 6) is -0.816. The van der Waals surface area contributed by atoms with Gasteiger partial charge in [0.05, 0.1) is 24.6 Å². The van der Waals surface area contributed by atoms with Crippen molar-refractivity contribution in [2.75, 3.05) is 55.6 Å². The number of nitrogens with zero attached hydrogens (tertiary/aromatic N) is 6. The van der Waals surface area contributed by atoms with Crippen molar-refractivity contribution in [3.05, 3.63) is 75.9 Å². The van der Waals surface area contributed by atoms with E-state index in [1.54, 1.807) is 30.6 Å². The first-order valence-corrected chi connectivity index (χ1v) is 13.8. The molecule has 0 spiro atoms. The van der Waals surface area contributed by atoms with E-state index in [1.807, 2.05) is 4.90 Å². The van der Waals surface area contributed by atoms with Crippen LogP contribution in [-0.2, 0) is 21.4 Å². The van der Waals surface area contributed by atoms with Gasteiger partial charge in [0.2, 0.25) is 11.4 Å². The molecule has 0 saturated carbocycles.